The summed E-state index contributed by atoms with van der Waals surface area (Å²) in [5.74, 6) is 2.48. The molecule has 26 heavy (non-hydrogen) atoms. The first-order valence-electron chi connectivity index (χ1n) is 9.00. The summed E-state index contributed by atoms with van der Waals surface area (Å²) in [5, 5.41) is 2.12. The molecule has 0 saturated carbocycles. The molecule has 0 radical (unpaired) electrons. The van der Waals surface area contributed by atoms with Crippen LogP contribution >= 0.6 is 23.6 Å². The molecule has 2 aliphatic heterocycles. The molecule has 1 fully saturated rings. The van der Waals surface area contributed by atoms with E-state index in [1.165, 1.54) is 19.3 Å². The zero-order chi connectivity index (χ0) is 17.5. The zero-order valence-corrected chi connectivity index (χ0v) is 16.0. The molecule has 2 aliphatic rings. The van der Waals surface area contributed by atoms with Crippen LogP contribution in [-0.4, -0.2) is 26.3 Å². The second kappa shape index (κ2) is 6.59. The Morgan fingerprint density at radius 3 is 2.62 bits per heavy atom. The number of hydrogen-bond acceptors (Lipinski definition) is 6. The lowest BCUT2D eigenvalue weighted by molar-refractivity contribution is 0.171. The Morgan fingerprint density at radius 1 is 0.962 bits per heavy atom. The number of piperidine rings is 1. The molecule has 0 spiro atoms. The Labute approximate surface area is 161 Å². The largest absolute Gasteiger partial charge is 0.486 e. The molecule has 0 atom stereocenters. The molecular weight excluding hydrogens is 366 g/mol. The van der Waals surface area contributed by atoms with Crippen molar-refractivity contribution in [3.8, 4) is 22.6 Å². The van der Waals surface area contributed by atoms with Gasteiger partial charge in [-0.1, -0.05) is 18.3 Å². The van der Waals surface area contributed by atoms with Gasteiger partial charge in [0, 0.05) is 30.1 Å². The van der Waals surface area contributed by atoms with Gasteiger partial charge < -0.3 is 18.8 Å². The van der Waals surface area contributed by atoms with Gasteiger partial charge >= 0.3 is 0 Å². The summed E-state index contributed by atoms with van der Waals surface area (Å²) < 4.78 is 19.6. The van der Waals surface area contributed by atoms with Crippen molar-refractivity contribution in [2.24, 2.45) is 0 Å². The fourth-order valence-corrected chi connectivity index (χ4v) is 4.86. The van der Waals surface area contributed by atoms with Gasteiger partial charge in [0.25, 0.3) is 0 Å². The van der Waals surface area contributed by atoms with Crippen LogP contribution in [0.15, 0.2) is 34.1 Å². The molecule has 3 aromatic rings. The van der Waals surface area contributed by atoms with Crippen LogP contribution in [0.25, 0.3) is 21.4 Å². The van der Waals surface area contributed by atoms with E-state index < -0.39 is 0 Å². The van der Waals surface area contributed by atoms with E-state index in [1.54, 1.807) is 11.3 Å². The Kier molecular flexibility index (Phi) is 4.10. The summed E-state index contributed by atoms with van der Waals surface area (Å²) in [6, 6.07) is 8.06. The molecule has 0 aliphatic carbocycles. The van der Waals surface area contributed by atoms with E-state index in [1.807, 2.05) is 18.2 Å². The maximum Gasteiger partial charge on any atom is 0.197 e. The van der Waals surface area contributed by atoms with Crippen molar-refractivity contribution in [2.75, 3.05) is 31.2 Å². The van der Waals surface area contributed by atoms with Gasteiger partial charge in [-0.2, -0.15) is 0 Å². The highest BCUT2D eigenvalue weighted by Crippen LogP contribution is 2.41. The number of ether oxygens (including phenoxy) is 2. The van der Waals surface area contributed by atoms with E-state index in [4.69, 9.17) is 26.1 Å². The predicted molar refractivity (Wildman–Crippen MR) is 107 cm³/mol. The number of benzene rings is 1. The van der Waals surface area contributed by atoms with E-state index in [0.29, 0.717) is 13.2 Å². The Bertz CT molecular complexity index is 1020. The Balaban J connectivity index is 1.62. The minimum Gasteiger partial charge on any atom is -0.486 e. The molecule has 5 rings (SSSR count). The number of anilines is 1. The highest BCUT2D eigenvalue weighted by atomic mass is 32.1. The average molecular weight is 386 g/mol. The maximum absolute atomic E-state index is 6.35. The van der Waals surface area contributed by atoms with Gasteiger partial charge in [0.2, 0.25) is 0 Å². The Morgan fingerprint density at radius 2 is 1.77 bits per heavy atom. The van der Waals surface area contributed by atoms with Gasteiger partial charge in [0.1, 0.15) is 13.2 Å². The van der Waals surface area contributed by atoms with Gasteiger partial charge in [-0.25, -0.2) is 0 Å². The van der Waals surface area contributed by atoms with E-state index in [9.17, 15) is 0 Å². The van der Waals surface area contributed by atoms with Crippen molar-refractivity contribution in [2.45, 2.75) is 19.3 Å². The lowest BCUT2D eigenvalue weighted by Crippen LogP contribution is -2.29. The summed E-state index contributed by atoms with van der Waals surface area (Å²) in [6.45, 7) is 3.25. The summed E-state index contributed by atoms with van der Waals surface area (Å²) in [5.41, 5.74) is 3.00. The molecular formula is C20H19NO3S2. The third kappa shape index (κ3) is 2.77. The molecule has 4 heterocycles. The second-order valence-electron chi connectivity index (χ2n) is 6.66. The smallest absolute Gasteiger partial charge is 0.197 e. The van der Waals surface area contributed by atoms with Gasteiger partial charge in [-0.15, -0.1) is 11.3 Å². The molecule has 2 aromatic heterocycles. The molecule has 0 amide bonds. The first-order chi connectivity index (χ1) is 12.8. The van der Waals surface area contributed by atoms with Crippen LogP contribution in [0, 0.1) is 4.51 Å². The van der Waals surface area contributed by atoms with Crippen molar-refractivity contribution >= 4 is 39.7 Å². The third-order valence-corrected chi connectivity index (χ3v) is 6.40. The van der Waals surface area contributed by atoms with Crippen molar-refractivity contribution in [3.05, 3.63) is 34.2 Å². The lowest BCUT2D eigenvalue weighted by Gasteiger charge is -2.27. The van der Waals surface area contributed by atoms with Crippen LogP contribution in [0.3, 0.4) is 0 Å². The van der Waals surface area contributed by atoms with Crippen molar-refractivity contribution in [1.82, 2.24) is 0 Å². The fourth-order valence-electron chi connectivity index (χ4n) is 3.61. The van der Waals surface area contributed by atoms with Gasteiger partial charge in [0.15, 0.2) is 23.0 Å². The van der Waals surface area contributed by atoms with Crippen LogP contribution < -0.4 is 14.4 Å². The zero-order valence-electron chi connectivity index (χ0n) is 14.3. The number of rotatable bonds is 2. The van der Waals surface area contributed by atoms with Crippen LogP contribution in [-0.2, 0) is 0 Å². The van der Waals surface area contributed by atoms with E-state index >= 15 is 0 Å². The molecule has 4 nitrogen and oxygen atoms in total. The first-order valence-corrected chi connectivity index (χ1v) is 10.3. The topological polar surface area (TPSA) is 34.8 Å². The minimum absolute atomic E-state index is 0.584. The second-order valence-corrected chi connectivity index (χ2v) is 7.98. The summed E-state index contributed by atoms with van der Waals surface area (Å²) in [7, 11) is 0. The standard InChI is InChI=1S/C20H19NO3S2/c25-17-11-18(21-6-2-1-3-7-21)24-19-14(12-26-20(17)19)13-4-5-15-16(10-13)23-9-8-22-15/h4-5,10-12H,1-3,6-9H2. The quantitative estimate of drug-likeness (QED) is 0.532. The summed E-state index contributed by atoms with van der Waals surface area (Å²) in [4.78, 5) is 2.31. The summed E-state index contributed by atoms with van der Waals surface area (Å²) >= 11 is 7.29. The van der Waals surface area contributed by atoms with Crippen LogP contribution in [0.4, 0.5) is 5.88 Å². The van der Waals surface area contributed by atoms with Gasteiger partial charge in [-0.3, -0.25) is 0 Å². The molecule has 0 N–H and O–H groups in total. The maximum atomic E-state index is 6.35. The predicted octanol–water partition coefficient (Wildman–Crippen LogP) is 5.65. The van der Waals surface area contributed by atoms with Crippen LogP contribution in [0.2, 0.25) is 0 Å². The fraction of sp³-hybridized carbons (Fsp3) is 0.350. The first kappa shape index (κ1) is 16.1. The lowest BCUT2D eigenvalue weighted by atomic mass is 10.1. The molecule has 0 bridgehead atoms. The molecule has 1 saturated heterocycles. The van der Waals surface area contributed by atoms with Crippen molar-refractivity contribution < 1.29 is 13.9 Å². The molecule has 0 unspecified atom stereocenters. The number of fused-ring (bicyclic) bond motifs is 2. The molecule has 6 heteroatoms. The number of hydrogen-bond donors (Lipinski definition) is 0. The SMILES string of the molecule is S=c1cc(N2CCCCC2)oc2c(-c3ccc4c(c3)OCCO4)csc12. The number of nitrogens with zero attached hydrogens (tertiary/aromatic N) is 1. The van der Waals surface area contributed by atoms with Crippen molar-refractivity contribution in [1.29, 1.82) is 0 Å². The van der Waals surface area contributed by atoms with Crippen molar-refractivity contribution in [3.63, 3.8) is 0 Å². The van der Waals surface area contributed by atoms with Crippen LogP contribution in [0.1, 0.15) is 19.3 Å². The Hall–Kier alpha value is -2.05. The highest BCUT2D eigenvalue weighted by molar-refractivity contribution is 7.72. The third-order valence-electron chi connectivity index (χ3n) is 4.95. The highest BCUT2D eigenvalue weighted by Gasteiger charge is 2.19. The number of thiophene rings is 1. The summed E-state index contributed by atoms with van der Waals surface area (Å²) in [6.07, 6.45) is 3.71. The minimum atomic E-state index is 0.584. The normalized spacial score (nSPS) is 16.8. The van der Waals surface area contributed by atoms with E-state index in [0.717, 1.165) is 56.4 Å². The molecule has 1 aromatic carbocycles. The monoisotopic (exact) mass is 385 g/mol. The molecule has 134 valence electrons. The average Bonchev–Trinajstić information content (AvgIpc) is 3.13. The van der Waals surface area contributed by atoms with E-state index in [2.05, 4.69) is 16.3 Å². The van der Waals surface area contributed by atoms with E-state index in [-0.39, 0.29) is 0 Å². The van der Waals surface area contributed by atoms with Gasteiger partial charge in [-0.05, 0) is 37.0 Å². The van der Waals surface area contributed by atoms with Gasteiger partial charge in [0.05, 0.1) is 9.21 Å². The van der Waals surface area contributed by atoms with Crippen LogP contribution in [0.5, 0.6) is 11.5 Å².